The number of piperazine rings is 1. The maximum Gasteiger partial charge on any atom is 0.254 e. The molecule has 2 aromatic heterocycles. The summed E-state index contributed by atoms with van der Waals surface area (Å²) in [5.74, 6) is 1.12. The molecule has 1 unspecified atom stereocenters. The monoisotopic (exact) mass is 454 g/mol. The van der Waals surface area contributed by atoms with E-state index < -0.39 is 9.84 Å². The number of amides is 1. The molecular weight excluding hydrogens is 428 g/mol. The van der Waals surface area contributed by atoms with Gasteiger partial charge >= 0.3 is 0 Å². The summed E-state index contributed by atoms with van der Waals surface area (Å²) < 4.78 is 31.3. The van der Waals surface area contributed by atoms with Crippen LogP contribution in [-0.2, 0) is 16.4 Å². The van der Waals surface area contributed by atoms with E-state index in [0.29, 0.717) is 50.5 Å². The molecule has 1 aromatic carbocycles. The summed E-state index contributed by atoms with van der Waals surface area (Å²) >= 11 is 0. The smallest absolute Gasteiger partial charge is 0.254 e. The molecule has 5 rings (SSSR count). The van der Waals surface area contributed by atoms with Gasteiger partial charge in [0.15, 0.2) is 9.84 Å². The lowest BCUT2D eigenvalue weighted by Crippen LogP contribution is -2.52. The Morgan fingerprint density at radius 3 is 2.69 bits per heavy atom. The Labute approximate surface area is 187 Å². The standard InChI is InChI=1S/C23H26N4O4S/c28-23(26-11-9-25(10-12-26)20-7-13-32(29,30)17-20)18-4-3-5-21(14-18)31-16-19-15-27-8-2-1-6-22(27)24-19/h1-6,8,14-15,20H,7,9-13,16-17H2. The normalized spacial score (nSPS) is 21.1. The molecule has 0 radical (unpaired) electrons. The zero-order valence-electron chi connectivity index (χ0n) is 17.8. The number of rotatable bonds is 5. The Balaban J connectivity index is 1.18. The molecule has 2 fully saturated rings. The fourth-order valence-corrected chi connectivity index (χ4v) is 6.23. The van der Waals surface area contributed by atoms with Crippen LogP contribution in [0.5, 0.6) is 5.75 Å². The third kappa shape index (κ3) is 4.49. The predicted molar refractivity (Wildman–Crippen MR) is 121 cm³/mol. The van der Waals surface area contributed by atoms with Crippen LogP contribution >= 0.6 is 0 Å². The summed E-state index contributed by atoms with van der Waals surface area (Å²) in [6, 6.07) is 13.2. The molecule has 0 saturated carbocycles. The molecule has 0 aliphatic carbocycles. The topological polar surface area (TPSA) is 84.2 Å². The Kier molecular flexibility index (Phi) is 5.60. The van der Waals surface area contributed by atoms with Gasteiger partial charge in [0.25, 0.3) is 5.91 Å². The number of aromatic nitrogens is 2. The highest BCUT2D eigenvalue weighted by Gasteiger charge is 2.34. The van der Waals surface area contributed by atoms with E-state index in [2.05, 4.69) is 9.88 Å². The minimum absolute atomic E-state index is 0.0260. The minimum atomic E-state index is -2.90. The van der Waals surface area contributed by atoms with Crippen LogP contribution in [0.3, 0.4) is 0 Å². The lowest BCUT2D eigenvalue weighted by atomic mass is 10.1. The second kappa shape index (κ2) is 8.55. The molecule has 1 amide bonds. The number of carbonyl (C=O) groups excluding carboxylic acids is 1. The van der Waals surface area contributed by atoms with Crippen molar-refractivity contribution in [3.05, 3.63) is 66.1 Å². The summed E-state index contributed by atoms with van der Waals surface area (Å²) in [6.07, 6.45) is 4.57. The maximum absolute atomic E-state index is 13.0. The van der Waals surface area contributed by atoms with Gasteiger partial charge in [0.05, 0.1) is 17.2 Å². The van der Waals surface area contributed by atoms with Crippen molar-refractivity contribution in [2.24, 2.45) is 0 Å². The molecule has 2 aliphatic heterocycles. The van der Waals surface area contributed by atoms with E-state index in [9.17, 15) is 13.2 Å². The maximum atomic E-state index is 13.0. The van der Waals surface area contributed by atoms with Gasteiger partial charge in [-0.05, 0) is 36.8 Å². The third-order valence-electron chi connectivity index (χ3n) is 6.21. The Morgan fingerprint density at radius 1 is 1.09 bits per heavy atom. The zero-order chi connectivity index (χ0) is 22.1. The Bertz CT molecular complexity index is 1200. The molecule has 1 atom stereocenters. The first-order valence-electron chi connectivity index (χ1n) is 10.9. The quantitative estimate of drug-likeness (QED) is 0.585. The molecule has 2 saturated heterocycles. The van der Waals surface area contributed by atoms with Crippen LogP contribution in [0.25, 0.3) is 5.65 Å². The average Bonchev–Trinajstić information content (AvgIpc) is 3.40. The van der Waals surface area contributed by atoms with E-state index in [1.807, 2.05) is 52.0 Å². The first-order valence-corrected chi connectivity index (χ1v) is 12.7. The third-order valence-corrected chi connectivity index (χ3v) is 7.96. The number of ether oxygens (including phenoxy) is 1. The molecule has 9 heteroatoms. The van der Waals surface area contributed by atoms with Crippen molar-refractivity contribution < 1.29 is 17.9 Å². The average molecular weight is 455 g/mol. The molecule has 0 spiro atoms. The van der Waals surface area contributed by atoms with Gasteiger partial charge in [-0.2, -0.15) is 0 Å². The number of sulfone groups is 1. The van der Waals surface area contributed by atoms with E-state index in [0.717, 1.165) is 11.3 Å². The number of carbonyl (C=O) groups is 1. The number of fused-ring (bicyclic) bond motifs is 1. The second-order valence-electron chi connectivity index (χ2n) is 8.40. The molecule has 168 valence electrons. The van der Waals surface area contributed by atoms with Crippen molar-refractivity contribution in [2.75, 3.05) is 37.7 Å². The highest BCUT2D eigenvalue weighted by Crippen LogP contribution is 2.21. The number of hydrogen-bond acceptors (Lipinski definition) is 6. The van der Waals surface area contributed by atoms with Crippen LogP contribution < -0.4 is 4.74 Å². The van der Waals surface area contributed by atoms with Gasteiger partial charge in [0.2, 0.25) is 0 Å². The summed E-state index contributed by atoms with van der Waals surface area (Å²) in [6.45, 7) is 2.93. The lowest BCUT2D eigenvalue weighted by molar-refractivity contribution is 0.0587. The number of hydrogen-bond donors (Lipinski definition) is 0. The van der Waals surface area contributed by atoms with Crippen LogP contribution in [0.2, 0.25) is 0 Å². The molecule has 0 N–H and O–H groups in total. The van der Waals surface area contributed by atoms with E-state index in [1.54, 1.807) is 12.1 Å². The first kappa shape index (κ1) is 21.0. The highest BCUT2D eigenvalue weighted by molar-refractivity contribution is 7.91. The van der Waals surface area contributed by atoms with Crippen LogP contribution in [0.4, 0.5) is 0 Å². The highest BCUT2D eigenvalue weighted by atomic mass is 32.2. The predicted octanol–water partition coefficient (Wildman–Crippen LogP) is 1.86. The van der Waals surface area contributed by atoms with Gasteiger partial charge in [0.1, 0.15) is 18.0 Å². The summed E-state index contributed by atoms with van der Waals surface area (Å²) in [4.78, 5) is 21.6. The van der Waals surface area contributed by atoms with Crippen molar-refractivity contribution in [1.82, 2.24) is 19.2 Å². The molecule has 3 aromatic rings. The molecule has 4 heterocycles. The van der Waals surface area contributed by atoms with E-state index in [4.69, 9.17) is 4.74 Å². The first-order chi connectivity index (χ1) is 15.5. The van der Waals surface area contributed by atoms with Gasteiger partial charge in [0, 0.05) is 50.2 Å². The molecule has 0 bridgehead atoms. The van der Waals surface area contributed by atoms with Crippen LogP contribution in [-0.4, -0.2) is 77.2 Å². The van der Waals surface area contributed by atoms with Gasteiger partial charge in [-0.25, -0.2) is 13.4 Å². The van der Waals surface area contributed by atoms with Crippen molar-refractivity contribution in [3.63, 3.8) is 0 Å². The Morgan fingerprint density at radius 2 is 1.94 bits per heavy atom. The van der Waals surface area contributed by atoms with Gasteiger partial charge in [-0.1, -0.05) is 12.1 Å². The Hall–Kier alpha value is -2.91. The molecular formula is C23H26N4O4S. The molecule has 2 aliphatic rings. The number of imidazole rings is 1. The van der Waals surface area contributed by atoms with Crippen LogP contribution in [0.1, 0.15) is 22.5 Å². The summed E-state index contributed by atoms with van der Waals surface area (Å²) in [5.41, 5.74) is 2.27. The minimum Gasteiger partial charge on any atom is -0.487 e. The molecule has 8 nitrogen and oxygen atoms in total. The largest absolute Gasteiger partial charge is 0.487 e. The van der Waals surface area contributed by atoms with Crippen molar-refractivity contribution in [1.29, 1.82) is 0 Å². The fourth-order valence-electron chi connectivity index (χ4n) is 4.47. The van der Waals surface area contributed by atoms with Crippen LogP contribution in [0, 0.1) is 0 Å². The number of pyridine rings is 1. The van der Waals surface area contributed by atoms with Crippen LogP contribution in [0.15, 0.2) is 54.9 Å². The van der Waals surface area contributed by atoms with E-state index in [-0.39, 0.29) is 23.5 Å². The van der Waals surface area contributed by atoms with Gasteiger partial charge < -0.3 is 14.0 Å². The van der Waals surface area contributed by atoms with E-state index >= 15 is 0 Å². The van der Waals surface area contributed by atoms with Crippen molar-refractivity contribution in [3.8, 4) is 5.75 Å². The fraction of sp³-hybridized carbons (Fsp3) is 0.391. The zero-order valence-corrected chi connectivity index (χ0v) is 18.6. The van der Waals surface area contributed by atoms with E-state index in [1.165, 1.54) is 0 Å². The van der Waals surface area contributed by atoms with Crippen molar-refractivity contribution in [2.45, 2.75) is 19.1 Å². The summed E-state index contributed by atoms with van der Waals surface area (Å²) in [5, 5.41) is 0. The lowest BCUT2D eigenvalue weighted by Gasteiger charge is -2.37. The SMILES string of the molecule is O=C(c1cccc(OCc2cn3ccccc3n2)c1)N1CCN(C2CCS(=O)(=O)C2)CC1. The second-order valence-corrected chi connectivity index (χ2v) is 10.6. The van der Waals surface area contributed by atoms with Gasteiger partial charge in [-0.3, -0.25) is 9.69 Å². The number of benzene rings is 1. The number of nitrogens with zero attached hydrogens (tertiary/aromatic N) is 4. The molecule has 32 heavy (non-hydrogen) atoms. The van der Waals surface area contributed by atoms with Crippen molar-refractivity contribution >= 4 is 21.4 Å². The summed E-state index contributed by atoms with van der Waals surface area (Å²) in [7, 11) is -2.90. The van der Waals surface area contributed by atoms with Gasteiger partial charge in [-0.15, -0.1) is 0 Å².